The van der Waals surface area contributed by atoms with E-state index < -0.39 is 0 Å². The third kappa shape index (κ3) is 3.84. The summed E-state index contributed by atoms with van der Waals surface area (Å²) in [6, 6.07) is 15.5. The van der Waals surface area contributed by atoms with Gasteiger partial charge in [0.2, 0.25) is 0 Å². The molecule has 0 bridgehead atoms. The highest BCUT2D eigenvalue weighted by Gasteiger charge is 2.17. The first-order valence-electron chi connectivity index (χ1n) is 11.3. The number of aromatic nitrogens is 7. The van der Waals surface area contributed by atoms with Crippen molar-refractivity contribution in [2.45, 2.75) is 18.9 Å². The summed E-state index contributed by atoms with van der Waals surface area (Å²) in [6.45, 7) is 1.98. The van der Waals surface area contributed by atoms with E-state index >= 15 is 0 Å². The minimum Gasteiger partial charge on any atom is -0.319 e. The number of nitrogens with one attached hydrogen (secondary N) is 3. The zero-order valence-corrected chi connectivity index (χ0v) is 18.3. The van der Waals surface area contributed by atoms with E-state index in [2.05, 4.69) is 36.2 Å². The number of hydrogen-bond acceptors (Lipinski definition) is 6. The number of anilines is 1. The third-order valence-electron chi connectivity index (χ3n) is 6.14. The fraction of sp³-hybridized carbons (Fsp3) is 0.208. The van der Waals surface area contributed by atoms with E-state index in [4.69, 9.17) is 0 Å². The van der Waals surface area contributed by atoms with Gasteiger partial charge in [0.05, 0.1) is 35.3 Å². The van der Waals surface area contributed by atoms with Crippen LogP contribution in [0.2, 0.25) is 0 Å². The number of fused-ring (bicyclic) bond motifs is 1. The van der Waals surface area contributed by atoms with E-state index in [1.165, 1.54) is 0 Å². The second kappa shape index (κ2) is 8.56. The summed E-state index contributed by atoms with van der Waals surface area (Å²) in [5.74, 6) is -0.182. The normalized spacial score (nSPS) is 14.5. The Bertz CT molecular complexity index is 1440. The SMILES string of the molecule is O=C(Nc1cnn(C2CCNCC2)c1)c1ccc(-n2cc(-c3n[nH]c4ccccc34)nn2)cc1. The third-order valence-corrected chi connectivity index (χ3v) is 6.14. The van der Waals surface area contributed by atoms with Gasteiger partial charge in [-0.05, 0) is 56.3 Å². The summed E-state index contributed by atoms with van der Waals surface area (Å²) in [7, 11) is 0. The fourth-order valence-electron chi connectivity index (χ4n) is 4.30. The smallest absolute Gasteiger partial charge is 0.255 e. The molecule has 0 atom stereocenters. The van der Waals surface area contributed by atoms with Crippen LogP contribution < -0.4 is 10.6 Å². The van der Waals surface area contributed by atoms with Gasteiger partial charge in [0.1, 0.15) is 11.4 Å². The average molecular weight is 454 g/mol. The highest BCUT2D eigenvalue weighted by Crippen LogP contribution is 2.25. The number of rotatable bonds is 5. The minimum atomic E-state index is -0.182. The number of carbonyl (C=O) groups excluding carboxylic acids is 1. The maximum absolute atomic E-state index is 12.7. The Morgan fingerprint density at radius 1 is 1.03 bits per heavy atom. The Morgan fingerprint density at radius 3 is 2.71 bits per heavy atom. The van der Waals surface area contributed by atoms with Crippen molar-refractivity contribution < 1.29 is 4.79 Å². The van der Waals surface area contributed by atoms with E-state index in [-0.39, 0.29) is 5.91 Å². The second-order valence-electron chi connectivity index (χ2n) is 8.36. The molecule has 0 radical (unpaired) electrons. The molecule has 0 aliphatic carbocycles. The molecule has 6 rings (SSSR count). The Hall–Kier alpha value is -4.31. The number of amides is 1. The van der Waals surface area contributed by atoms with Crippen molar-refractivity contribution in [3.05, 3.63) is 72.7 Å². The van der Waals surface area contributed by atoms with Gasteiger partial charge >= 0.3 is 0 Å². The summed E-state index contributed by atoms with van der Waals surface area (Å²) < 4.78 is 3.62. The Kier molecular flexibility index (Phi) is 5.11. The van der Waals surface area contributed by atoms with Gasteiger partial charge in [0.25, 0.3) is 5.91 Å². The van der Waals surface area contributed by atoms with Crippen LogP contribution in [0.1, 0.15) is 29.2 Å². The lowest BCUT2D eigenvalue weighted by Crippen LogP contribution is -2.29. The van der Waals surface area contributed by atoms with Crippen LogP contribution in [-0.4, -0.2) is 54.0 Å². The van der Waals surface area contributed by atoms with Gasteiger partial charge in [-0.15, -0.1) is 5.10 Å². The zero-order valence-electron chi connectivity index (χ0n) is 18.3. The molecule has 3 N–H and O–H groups in total. The lowest BCUT2D eigenvalue weighted by Gasteiger charge is -2.22. The maximum atomic E-state index is 12.7. The highest BCUT2D eigenvalue weighted by molar-refractivity contribution is 6.04. The number of nitrogens with zero attached hydrogens (tertiary/aromatic N) is 6. The molecule has 10 heteroatoms. The molecule has 1 aliphatic heterocycles. The predicted octanol–water partition coefficient (Wildman–Crippen LogP) is 3.18. The Labute approximate surface area is 195 Å². The summed E-state index contributed by atoms with van der Waals surface area (Å²) in [5, 5.41) is 27.6. The van der Waals surface area contributed by atoms with Crippen LogP contribution in [0, 0.1) is 0 Å². The van der Waals surface area contributed by atoms with Crippen molar-refractivity contribution in [2.24, 2.45) is 0 Å². The molecule has 1 saturated heterocycles. The number of aromatic amines is 1. The zero-order chi connectivity index (χ0) is 22.9. The number of carbonyl (C=O) groups is 1. The lowest BCUT2D eigenvalue weighted by molar-refractivity contribution is 0.102. The van der Waals surface area contributed by atoms with Crippen molar-refractivity contribution in [1.29, 1.82) is 0 Å². The maximum Gasteiger partial charge on any atom is 0.255 e. The van der Waals surface area contributed by atoms with Gasteiger partial charge in [-0.2, -0.15) is 10.2 Å². The summed E-state index contributed by atoms with van der Waals surface area (Å²) in [4.78, 5) is 12.7. The molecule has 0 unspecified atom stereocenters. The molecule has 34 heavy (non-hydrogen) atoms. The number of benzene rings is 2. The van der Waals surface area contributed by atoms with E-state index in [1.807, 2.05) is 53.5 Å². The summed E-state index contributed by atoms with van der Waals surface area (Å²) in [5.41, 5.74) is 4.42. The molecule has 0 saturated carbocycles. The van der Waals surface area contributed by atoms with Crippen molar-refractivity contribution in [1.82, 2.24) is 40.3 Å². The number of para-hydroxylation sites is 1. The Morgan fingerprint density at radius 2 is 1.85 bits per heavy atom. The number of hydrogen-bond donors (Lipinski definition) is 3. The van der Waals surface area contributed by atoms with Gasteiger partial charge in [0, 0.05) is 17.1 Å². The molecular formula is C24H23N9O. The predicted molar refractivity (Wildman–Crippen MR) is 128 cm³/mol. The molecule has 4 heterocycles. The molecule has 0 spiro atoms. The van der Waals surface area contributed by atoms with Gasteiger partial charge in [0.15, 0.2) is 0 Å². The Balaban J connectivity index is 1.15. The van der Waals surface area contributed by atoms with Gasteiger partial charge in [-0.1, -0.05) is 23.4 Å². The molecule has 5 aromatic rings. The molecule has 1 aliphatic rings. The van der Waals surface area contributed by atoms with Crippen LogP contribution in [0.5, 0.6) is 0 Å². The van der Waals surface area contributed by atoms with Crippen LogP contribution >= 0.6 is 0 Å². The molecular weight excluding hydrogens is 430 g/mol. The lowest BCUT2D eigenvalue weighted by atomic mass is 10.1. The first-order chi connectivity index (χ1) is 16.7. The topological polar surface area (TPSA) is 118 Å². The minimum absolute atomic E-state index is 0.182. The molecule has 2 aromatic carbocycles. The van der Waals surface area contributed by atoms with Gasteiger partial charge < -0.3 is 10.6 Å². The van der Waals surface area contributed by atoms with E-state index in [0.717, 1.165) is 48.2 Å². The van der Waals surface area contributed by atoms with Crippen LogP contribution in [0.3, 0.4) is 0 Å². The first-order valence-corrected chi connectivity index (χ1v) is 11.3. The van der Waals surface area contributed by atoms with E-state index in [1.54, 1.807) is 23.0 Å². The fourth-order valence-corrected chi connectivity index (χ4v) is 4.30. The number of H-pyrrole nitrogens is 1. The van der Waals surface area contributed by atoms with E-state index in [0.29, 0.717) is 23.0 Å². The summed E-state index contributed by atoms with van der Waals surface area (Å²) >= 11 is 0. The van der Waals surface area contributed by atoms with Crippen LogP contribution in [0.25, 0.3) is 28.0 Å². The van der Waals surface area contributed by atoms with Gasteiger partial charge in [-0.25, -0.2) is 4.68 Å². The van der Waals surface area contributed by atoms with Crippen LogP contribution in [0.4, 0.5) is 5.69 Å². The summed E-state index contributed by atoms with van der Waals surface area (Å²) in [6.07, 6.45) is 7.50. The second-order valence-corrected chi connectivity index (χ2v) is 8.36. The number of piperidine rings is 1. The monoisotopic (exact) mass is 453 g/mol. The molecule has 10 nitrogen and oxygen atoms in total. The van der Waals surface area contributed by atoms with Crippen LogP contribution in [-0.2, 0) is 0 Å². The first kappa shape index (κ1) is 20.3. The highest BCUT2D eigenvalue weighted by atomic mass is 16.1. The van der Waals surface area contributed by atoms with Crippen molar-refractivity contribution in [3.8, 4) is 17.1 Å². The van der Waals surface area contributed by atoms with Crippen molar-refractivity contribution >= 4 is 22.5 Å². The quantitative estimate of drug-likeness (QED) is 0.376. The van der Waals surface area contributed by atoms with Crippen molar-refractivity contribution in [3.63, 3.8) is 0 Å². The largest absolute Gasteiger partial charge is 0.319 e. The van der Waals surface area contributed by atoms with Crippen LogP contribution in [0.15, 0.2) is 67.1 Å². The molecule has 3 aromatic heterocycles. The molecule has 1 fully saturated rings. The standard InChI is InChI=1S/C24H23N9O/c34-24(27-17-13-26-32(14-17)19-9-11-25-12-10-19)16-5-7-18(8-6-16)33-15-22(29-31-33)23-20-3-1-2-4-21(20)28-30-23/h1-8,13-15,19,25H,9-12H2,(H,27,34)(H,28,30). The van der Waals surface area contributed by atoms with Gasteiger partial charge in [-0.3, -0.25) is 14.6 Å². The molecule has 170 valence electrons. The van der Waals surface area contributed by atoms with Crippen molar-refractivity contribution in [2.75, 3.05) is 18.4 Å². The molecule has 1 amide bonds. The average Bonchev–Trinajstić information content (AvgIpc) is 3.64. The van der Waals surface area contributed by atoms with E-state index in [9.17, 15) is 4.79 Å².